The van der Waals surface area contributed by atoms with Gasteiger partial charge in [-0.15, -0.1) is 0 Å². The fourth-order valence-electron chi connectivity index (χ4n) is 2.17. The molecule has 0 radical (unpaired) electrons. The van der Waals surface area contributed by atoms with Gasteiger partial charge in [-0.2, -0.15) is 0 Å². The predicted octanol–water partition coefficient (Wildman–Crippen LogP) is 3.55. The quantitative estimate of drug-likeness (QED) is 0.777. The first-order chi connectivity index (χ1) is 8.98. The molecule has 0 amide bonds. The van der Waals surface area contributed by atoms with E-state index >= 15 is 0 Å². The highest BCUT2D eigenvalue weighted by molar-refractivity contribution is 5.18. The van der Waals surface area contributed by atoms with E-state index in [1.807, 2.05) is 12.1 Å². The molecular formula is C16H26FNO. The maximum atomic E-state index is 13.7. The van der Waals surface area contributed by atoms with Crippen LogP contribution in [0.3, 0.4) is 0 Å². The van der Waals surface area contributed by atoms with Gasteiger partial charge in [-0.1, -0.05) is 25.1 Å². The lowest BCUT2D eigenvalue weighted by atomic mass is 9.93. The molecule has 0 aliphatic heterocycles. The Balaban J connectivity index is 2.71. The lowest BCUT2D eigenvalue weighted by Gasteiger charge is -2.29. The van der Waals surface area contributed by atoms with Crippen molar-refractivity contribution in [2.75, 3.05) is 13.7 Å². The molecule has 1 aromatic carbocycles. The number of halogens is 1. The molecule has 1 N–H and O–H groups in total. The molecule has 108 valence electrons. The van der Waals surface area contributed by atoms with E-state index < -0.39 is 0 Å². The Labute approximate surface area is 116 Å². The summed E-state index contributed by atoms with van der Waals surface area (Å²) in [5.74, 6) is -0.124. The molecule has 0 saturated carbocycles. The number of rotatable bonds is 8. The van der Waals surface area contributed by atoms with Crippen LogP contribution in [0.4, 0.5) is 4.39 Å². The molecule has 1 atom stereocenters. The van der Waals surface area contributed by atoms with E-state index in [-0.39, 0.29) is 17.5 Å². The van der Waals surface area contributed by atoms with Crippen LogP contribution in [0.5, 0.6) is 0 Å². The van der Waals surface area contributed by atoms with E-state index in [1.165, 1.54) is 6.07 Å². The van der Waals surface area contributed by atoms with Crippen LogP contribution in [0, 0.1) is 5.82 Å². The molecule has 1 aromatic rings. The normalized spacial score (nSPS) is 13.5. The van der Waals surface area contributed by atoms with Gasteiger partial charge in [-0.3, -0.25) is 0 Å². The molecule has 0 bridgehead atoms. The minimum absolute atomic E-state index is 0.124. The fraction of sp³-hybridized carbons (Fsp3) is 0.625. The number of nitrogens with one attached hydrogen (secondary N) is 1. The monoisotopic (exact) mass is 267 g/mol. The number of methoxy groups -OCH3 is 1. The third kappa shape index (κ3) is 5.70. The van der Waals surface area contributed by atoms with Crippen LogP contribution in [0.15, 0.2) is 24.3 Å². The summed E-state index contributed by atoms with van der Waals surface area (Å²) in [6.07, 6.45) is 2.62. The lowest BCUT2D eigenvalue weighted by molar-refractivity contribution is 0.00708. The second-order valence-corrected chi connectivity index (χ2v) is 5.61. The highest BCUT2D eigenvalue weighted by Crippen LogP contribution is 2.19. The first-order valence-corrected chi connectivity index (χ1v) is 7.00. The third-order valence-electron chi connectivity index (χ3n) is 3.40. The van der Waals surface area contributed by atoms with Gasteiger partial charge in [0.05, 0.1) is 5.60 Å². The van der Waals surface area contributed by atoms with Crippen LogP contribution >= 0.6 is 0 Å². The van der Waals surface area contributed by atoms with Gasteiger partial charge in [0.15, 0.2) is 0 Å². The van der Waals surface area contributed by atoms with Crippen LogP contribution in [0.1, 0.15) is 39.2 Å². The molecule has 2 nitrogen and oxygen atoms in total. The molecule has 0 aliphatic carbocycles. The third-order valence-corrected chi connectivity index (χ3v) is 3.40. The first-order valence-electron chi connectivity index (χ1n) is 7.00. The molecule has 0 aliphatic rings. The van der Waals surface area contributed by atoms with Gasteiger partial charge >= 0.3 is 0 Å². The number of hydrogen-bond acceptors (Lipinski definition) is 2. The summed E-state index contributed by atoms with van der Waals surface area (Å²) in [5.41, 5.74) is 0.569. The van der Waals surface area contributed by atoms with Crippen LogP contribution < -0.4 is 5.32 Å². The second kappa shape index (κ2) is 7.61. The average molecular weight is 267 g/mol. The summed E-state index contributed by atoms with van der Waals surface area (Å²) in [4.78, 5) is 0. The van der Waals surface area contributed by atoms with Gasteiger partial charge in [-0.05, 0) is 51.3 Å². The van der Waals surface area contributed by atoms with Crippen molar-refractivity contribution in [3.63, 3.8) is 0 Å². The zero-order chi connectivity index (χ0) is 14.3. The van der Waals surface area contributed by atoms with Crippen LogP contribution in [-0.4, -0.2) is 25.3 Å². The van der Waals surface area contributed by atoms with Crippen molar-refractivity contribution < 1.29 is 9.13 Å². The Morgan fingerprint density at radius 1 is 1.32 bits per heavy atom. The van der Waals surface area contributed by atoms with Gasteiger partial charge in [0.25, 0.3) is 0 Å². The summed E-state index contributed by atoms with van der Waals surface area (Å²) in [6, 6.07) is 7.22. The van der Waals surface area contributed by atoms with Crippen LogP contribution in [0.2, 0.25) is 0 Å². The number of hydrogen-bond donors (Lipinski definition) is 1. The van der Waals surface area contributed by atoms with Crippen molar-refractivity contribution in [3.8, 4) is 0 Å². The summed E-state index contributed by atoms with van der Waals surface area (Å²) in [7, 11) is 1.72. The summed E-state index contributed by atoms with van der Waals surface area (Å²) < 4.78 is 19.2. The Hall–Kier alpha value is -0.930. The first kappa shape index (κ1) is 16.1. The molecule has 0 spiro atoms. The van der Waals surface area contributed by atoms with Gasteiger partial charge in [0.1, 0.15) is 5.82 Å². The summed E-state index contributed by atoms with van der Waals surface area (Å²) in [5, 5.41) is 3.49. The zero-order valence-corrected chi connectivity index (χ0v) is 12.5. The van der Waals surface area contributed by atoms with Gasteiger partial charge in [0, 0.05) is 13.2 Å². The standard InChI is InChI=1S/C16H26FNO/c1-5-10-18-14(12-16(2,3)19-4)11-13-8-6-7-9-15(13)17/h6-9,14,18H,5,10-12H2,1-4H3. The van der Waals surface area contributed by atoms with Crippen molar-refractivity contribution in [1.82, 2.24) is 5.32 Å². The minimum Gasteiger partial charge on any atom is -0.379 e. The largest absolute Gasteiger partial charge is 0.379 e. The predicted molar refractivity (Wildman–Crippen MR) is 77.9 cm³/mol. The van der Waals surface area contributed by atoms with Gasteiger partial charge in [0.2, 0.25) is 0 Å². The Morgan fingerprint density at radius 3 is 2.58 bits per heavy atom. The fourth-order valence-corrected chi connectivity index (χ4v) is 2.17. The van der Waals surface area contributed by atoms with Gasteiger partial charge < -0.3 is 10.1 Å². The van der Waals surface area contributed by atoms with E-state index in [9.17, 15) is 4.39 Å². The van der Waals surface area contributed by atoms with Crippen molar-refractivity contribution in [2.24, 2.45) is 0 Å². The van der Waals surface area contributed by atoms with E-state index in [0.717, 1.165) is 24.9 Å². The maximum Gasteiger partial charge on any atom is 0.126 e. The van der Waals surface area contributed by atoms with Crippen molar-refractivity contribution in [2.45, 2.75) is 51.7 Å². The number of benzene rings is 1. The SMILES string of the molecule is CCCNC(Cc1ccccc1F)CC(C)(C)OC. The molecule has 1 rings (SSSR count). The van der Waals surface area contributed by atoms with E-state index in [0.29, 0.717) is 6.42 Å². The van der Waals surface area contributed by atoms with E-state index in [4.69, 9.17) is 4.74 Å². The molecule has 0 heterocycles. The Bertz CT molecular complexity index is 379. The average Bonchev–Trinajstić information content (AvgIpc) is 2.38. The molecule has 1 unspecified atom stereocenters. The highest BCUT2D eigenvalue weighted by Gasteiger charge is 2.23. The zero-order valence-electron chi connectivity index (χ0n) is 12.5. The highest BCUT2D eigenvalue weighted by atomic mass is 19.1. The van der Waals surface area contributed by atoms with Crippen molar-refractivity contribution >= 4 is 0 Å². The summed E-state index contributed by atoms with van der Waals surface area (Å²) >= 11 is 0. The van der Waals surface area contributed by atoms with Gasteiger partial charge in [-0.25, -0.2) is 4.39 Å². The van der Waals surface area contributed by atoms with Crippen molar-refractivity contribution in [1.29, 1.82) is 0 Å². The smallest absolute Gasteiger partial charge is 0.126 e. The lowest BCUT2D eigenvalue weighted by Crippen LogP contribution is -2.39. The van der Waals surface area contributed by atoms with Crippen LogP contribution in [-0.2, 0) is 11.2 Å². The Kier molecular flexibility index (Phi) is 6.46. The molecular weight excluding hydrogens is 241 g/mol. The molecule has 3 heteroatoms. The second-order valence-electron chi connectivity index (χ2n) is 5.61. The summed E-state index contributed by atoms with van der Waals surface area (Å²) in [6.45, 7) is 7.21. The number of ether oxygens (including phenoxy) is 1. The van der Waals surface area contributed by atoms with E-state index in [2.05, 4.69) is 26.1 Å². The molecule has 0 aromatic heterocycles. The van der Waals surface area contributed by atoms with Crippen LogP contribution in [0.25, 0.3) is 0 Å². The molecule has 0 fully saturated rings. The Morgan fingerprint density at radius 2 is 2.00 bits per heavy atom. The maximum absolute atomic E-state index is 13.7. The minimum atomic E-state index is -0.198. The molecule has 0 saturated heterocycles. The topological polar surface area (TPSA) is 21.3 Å². The molecule has 19 heavy (non-hydrogen) atoms. The van der Waals surface area contributed by atoms with Crippen molar-refractivity contribution in [3.05, 3.63) is 35.6 Å². The van der Waals surface area contributed by atoms with E-state index in [1.54, 1.807) is 13.2 Å².